The number of halogens is 2. The highest BCUT2D eigenvalue weighted by molar-refractivity contribution is 9.10. The molecule has 1 heterocycles. The number of alkyl halides is 1. The lowest BCUT2D eigenvalue weighted by atomic mass is 10.2. The second-order valence-electron chi connectivity index (χ2n) is 4.35. The maximum absolute atomic E-state index is 5.85. The van der Waals surface area contributed by atoms with Crippen LogP contribution < -0.4 is 4.74 Å². The maximum atomic E-state index is 5.85. The molecular formula is C16H11BrClNO. The standard InChI is InChI=1S/C16H11BrClNO/c17-15-8-13(6-4-12(15)10-18)20-14-5-3-11-2-1-7-19-16(11)9-14/h1-9H,10H2. The van der Waals surface area contributed by atoms with Crippen LogP contribution in [0.1, 0.15) is 5.56 Å². The van der Waals surface area contributed by atoms with Crippen LogP contribution in [0, 0.1) is 0 Å². The first-order valence-electron chi connectivity index (χ1n) is 6.13. The van der Waals surface area contributed by atoms with E-state index in [9.17, 15) is 0 Å². The Balaban J connectivity index is 1.90. The molecule has 0 atom stereocenters. The van der Waals surface area contributed by atoms with Crippen molar-refractivity contribution in [2.24, 2.45) is 0 Å². The second-order valence-corrected chi connectivity index (χ2v) is 5.47. The summed E-state index contributed by atoms with van der Waals surface area (Å²) in [7, 11) is 0. The smallest absolute Gasteiger partial charge is 0.129 e. The lowest BCUT2D eigenvalue weighted by molar-refractivity contribution is 0.483. The third-order valence-electron chi connectivity index (χ3n) is 2.98. The quantitative estimate of drug-likeness (QED) is 0.581. The molecule has 0 saturated heterocycles. The van der Waals surface area contributed by atoms with E-state index in [1.54, 1.807) is 6.20 Å². The predicted octanol–water partition coefficient (Wildman–Crippen LogP) is 5.53. The molecule has 1 aromatic heterocycles. The fourth-order valence-corrected chi connectivity index (χ4v) is 2.84. The van der Waals surface area contributed by atoms with Crippen LogP contribution in [0.4, 0.5) is 0 Å². The summed E-state index contributed by atoms with van der Waals surface area (Å²) >= 11 is 9.31. The van der Waals surface area contributed by atoms with Gasteiger partial charge < -0.3 is 4.74 Å². The molecule has 3 rings (SSSR count). The normalized spacial score (nSPS) is 10.7. The first-order chi connectivity index (χ1) is 9.76. The maximum Gasteiger partial charge on any atom is 0.129 e. The van der Waals surface area contributed by atoms with Crippen LogP contribution >= 0.6 is 27.5 Å². The molecule has 2 nitrogen and oxygen atoms in total. The number of hydrogen-bond acceptors (Lipinski definition) is 2. The SMILES string of the molecule is ClCc1ccc(Oc2ccc3cccnc3c2)cc1Br. The highest BCUT2D eigenvalue weighted by Crippen LogP contribution is 2.29. The molecule has 0 unspecified atom stereocenters. The Kier molecular flexibility index (Phi) is 3.90. The summed E-state index contributed by atoms with van der Waals surface area (Å²) in [6.07, 6.45) is 1.78. The Morgan fingerprint density at radius 1 is 1.05 bits per heavy atom. The van der Waals surface area contributed by atoms with Gasteiger partial charge in [0.05, 0.1) is 5.52 Å². The van der Waals surface area contributed by atoms with Crippen molar-refractivity contribution in [3.63, 3.8) is 0 Å². The lowest BCUT2D eigenvalue weighted by Crippen LogP contribution is -1.87. The summed E-state index contributed by atoms with van der Waals surface area (Å²) < 4.78 is 6.80. The first kappa shape index (κ1) is 13.4. The van der Waals surface area contributed by atoms with E-state index in [0.717, 1.165) is 32.4 Å². The van der Waals surface area contributed by atoms with E-state index in [2.05, 4.69) is 20.9 Å². The van der Waals surface area contributed by atoms with Crippen LogP contribution in [0.25, 0.3) is 10.9 Å². The van der Waals surface area contributed by atoms with Gasteiger partial charge in [-0.3, -0.25) is 4.98 Å². The van der Waals surface area contributed by atoms with Gasteiger partial charge in [-0.2, -0.15) is 0 Å². The monoisotopic (exact) mass is 347 g/mol. The van der Waals surface area contributed by atoms with Crippen LogP contribution in [0.2, 0.25) is 0 Å². The predicted molar refractivity (Wildman–Crippen MR) is 85.5 cm³/mol. The van der Waals surface area contributed by atoms with E-state index in [0.29, 0.717) is 5.88 Å². The van der Waals surface area contributed by atoms with Crippen LogP contribution in [0.15, 0.2) is 59.2 Å². The summed E-state index contributed by atoms with van der Waals surface area (Å²) in [6.45, 7) is 0. The van der Waals surface area contributed by atoms with Gasteiger partial charge in [0, 0.05) is 28.0 Å². The fraction of sp³-hybridized carbons (Fsp3) is 0.0625. The van der Waals surface area contributed by atoms with Crippen molar-refractivity contribution < 1.29 is 4.74 Å². The fourth-order valence-electron chi connectivity index (χ4n) is 1.95. The van der Waals surface area contributed by atoms with Crippen LogP contribution in [0.3, 0.4) is 0 Å². The van der Waals surface area contributed by atoms with E-state index >= 15 is 0 Å². The molecule has 0 N–H and O–H groups in total. The van der Waals surface area contributed by atoms with Crippen molar-refractivity contribution in [2.75, 3.05) is 0 Å². The molecular weight excluding hydrogens is 338 g/mol. The molecule has 3 aromatic rings. The van der Waals surface area contributed by atoms with Gasteiger partial charge in [0.1, 0.15) is 11.5 Å². The number of rotatable bonds is 3. The number of benzene rings is 2. The lowest BCUT2D eigenvalue weighted by Gasteiger charge is -2.08. The van der Waals surface area contributed by atoms with Gasteiger partial charge in [-0.25, -0.2) is 0 Å². The van der Waals surface area contributed by atoms with E-state index in [1.165, 1.54) is 0 Å². The Bertz CT molecular complexity index is 760. The molecule has 0 fully saturated rings. The zero-order valence-electron chi connectivity index (χ0n) is 10.5. The van der Waals surface area contributed by atoms with Crippen molar-refractivity contribution in [2.45, 2.75) is 5.88 Å². The number of pyridine rings is 1. The van der Waals surface area contributed by atoms with Gasteiger partial charge in [-0.15, -0.1) is 11.6 Å². The van der Waals surface area contributed by atoms with E-state index in [-0.39, 0.29) is 0 Å². The van der Waals surface area contributed by atoms with Gasteiger partial charge in [-0.1, -0.05) is 28.1 Å². The Hall–Kier alpha value is -1.58. The molecule has 0 saturated carbocycles. The summed E-state index contributed by atoms with van der Waals surface area (Å²) in [6, 6.07) is 15.6. The van der Waals surface area contributed by atoms with Crippen molar-refractivity contribution >= 4 is 38.4 Å². The molecule has 100 valence electrons. The zero-order valence-corrected chi connectivity index (χ0v) is 12.9. The number of hydrogen-bond donors (Lipinski definition) is 0. The van der Waals surface area contributed by atoms with Crippen LogP contribution in [-0.4, -0.2) is 4.98 Å². The van der Waals surface area contributed by atoms with Crippen molar-refractivity contribution in [1.29, 1.82) is 0 Å². The van der Waals surface area contributed by atoms with E-state index in [4.69, 9.17) is 16.3 Å². The average Bonchev–Trinajstić information content (AvgIpc) is 2.47. The third-order valence-corrected chi connectivity index (χ3v) is 4.01. The molecule has 4 heteroatoms. The Morgan fingerprint density at radius 2 is 1.85 bits per heavy atom. The minimum Gasteiger partial charge on any atom is -0.457 e. The molecule has 0 spiro atoms. The minimum atomic E-state index is 0.473. The van der Waals surface area contributed by atoms with Crippen molar-refractivity contribution in [3.05, 3.63) is 64.8 Å². The summed E-state index contributed by atoms with van der Waals surface area (Å²) in [5.41, 5.74) is 1.96. The summed E-state index contributed by atoms with van der Waals surface area (Å²) in [4.78, 5) is 4.32. The molecule has 20 heavy (non-hydrogen) atoms. The molecule has 0 amide bonds. The molecule has 2 aromatic carbocycles. The van der Waals surface area contributed by atoms with Gasteiger partial charge in [0.15, 0.2) is 0 Å². The molecule has 0 aliphatic carbocycles. The molecule has 0 radical (unpaired) electrons. The number of nitrogens with zero attached hydrogens (tertiary/aromatic N) is 1. The minimum absolute atomic E-state index is 0.473. The van der Waals surface area contributed by atoms with Gasteiger partial charge >= 0.3 is 0 Å². The number of ether oxygens (including phenoxy) is 1. The van der Waals surface area contributed by atoms with Crippen molar-refractivity contribution in [1.82, 2.24) is 4.98 Å². The largest absolute Gasteiger partial charge is 0.457 e. The topological polar surface area (TPSA) is 22.1 Å². The van der Waals surface area contributed by atoms with Crippen LogP contribution in [-0.2, 0) is 5.88 Å². The van der Waals surface area contributed by atoms with Crippen molar-refractivity contribution in [3.8, 4) is 11.5 Å². The van der Waals surface area contributed by atoms with Gasteiger partial charge in [0.25, 0.3) is 0 Å². The average molecular weight is 349 g/mol. The van der Waals surface area contributed by atoms with E-state index in [1.807, 2.05) is 48.5 Å². The van der Waals surface area contributed by atoms with E-state index < -0.39 is 0 Å². The molecule has 0 bridgehead atoms. The van der Waals surface area contributed by atoms with Crippen LogP contribution in [0.5, 0.6) is 11.5 Å². The van der Waals surface area contributed by atoms with Gasteiger partial charge in [0.2, 0.25) is 0 Å². The molecule has 0 aliphatic heterocycles. The Labute approximate surface area is 130 Å². The first-order valence-corrected chi connectivity index (χ1v) is 7.46. The summed E-state index contributed by atoms with van der Waals surface area (Å²) in [5, 5.41) is 1.10. The third kappa shape index (κ3) is 2.79. The Morgan fingerprint density at radius 3 is 2.65 bits per heavy atom. The van der Waals surface area contributed by atoms with Gasteiger partial charge in [-0.05, 0) is 35.9 Å². The number of fused-ring (bicyclic) bond motifs is 1. The highest BCUT2D eigenvalue weighted by atomic mass is 79.9. The second kappa shape index (κ2) is 5.81. The zero-order chi connectivity index (χ0) is 13.9. The number of aromatic nitrogens is 1. The highest BCUT2D eigenvalue weighted by Gasteiger charge is 2.03. The molecule has 0 aliphatic rings. The summed E-state index contributed by atoms with van der Waals surface area (Å²) in [5.74, 6) is 2.00.